The second-order valence-corrected chi connectivity index (χ2v) is 11.9. The molecule has 32 heavy (non-hydrogen) atoms. The summed E-state index contributed by atoms with van der Waals surface area (Å²) in [7, 11) is 0. The molecule has 1 aromatic rings. The molecule has 7 nitrogen and oxygen atoms in total. The van der Waals surface area contributed by atoms with Crippen molar-refractivity contribution in [2.24, 2.45) is 0 Å². The van der Waals surface area contributed by atoms with Crippen molar-refractivity contribution in [3.8, 4) is 0 Å². The zero-order valence-corrected chi connectivity index (χ0v) is 22.1. The van der Waals surface area contributed by atoms with Gasteiger partial charge in [0, 0.05) is 5.56 Å². The number of carbonyl (C=O) groups is 1. The lowest BCUT2D eigenvalue weighted by molar-refractivity contribution is -0.407. The van der Waals surface area contributed by atoms with Crippen LogP contribution in [0.1, 0.15) is 111 Å². The SMILES string of the molecule is CC(C)(C)OOC(=O)c1cccc(C(C)(C)OOC(C)(C)C)c1C(C)(C)OOC(C)(C)C. The molecule has 0 saturated heterocycles. The minimum Gasteiger partial charge on any atom is -0.292 e. The molecule has 0 unspecified atom stereocenters. The van der Waals surface area contributed by atoms with Gasteiger partial charge in [-0.1, -0.05) is 12.1 Å². The summed E-state index contributed by atoms with van der Waals surface area (Å²) in [5, 5.41) is 0. The van der Waals surface area contributed by atoms with E-state index >= 15 is 0 Å². The fraction of sp³-hybridized carbons (Fsp3) is 0.720. The van der Waals surface area contributed by atoms with Gasteiger partial charge in [-0.05, 0) is 102 Å². The van der Waals surface area contributed by atoms with Crippen molar-refractivity contribution < 1.29 is 34.1 Å². The van der Waals surface area contributed by atoms with Gasteiger partial charge in [0.05, 0.1) is 16.8 Å². The molecule has 7 heteroatoms. The van der Waals surface area contributed by atoms with E-state index in [4.69, 9.17) is 29.3 Å². The van der Waals surface area contributed by atoms with E-state index in [-0.39, 0.29) is 5.56 Å². The van der Waals surface area contributed by atoms with E-state index in [9.17, 15) is 4.79 Å². The molecule has 0 radical (unpaired) electrons. The quantitative estimate of drug-likeness (QED) is 0.326. The van der Waals surface area contributed by atoms with Gasteiger partial charge in [-0.3, -0.25) is 4.89 Å². The Morgan fingerprint density at radius 2 is 1.03 bits per heavy atom. The zero-order chi connectivity index (χ0) is 25.2. The molecule has 0 aromatic heterocycles. The maximum absolute atomic E-state index is 13.0. The van der Waals surface area contributed by atoms with Gasteiger partial charge in [-0.15, -0.1) is 0 Å². The van der Waals surface area contributed by atoms with Crippen LogP contribution in [0.3, 0.4) is 0 Å². The molecule has 0 fully saturated rings. The van der Waals surface area contributed by atoms with E-state index in [1.165, 1.54) is 0 Å². The Morgan fingerprint density at radius 1 is 0.594 bits per heavy atom. The third-order valence-electron chi connectivity index (χ3n) is 3.90. The van der Waals surface area contributed by atoms with Gasteiger partial charge in [-0.25, -0.2) is 24.3 Å². The fourth-order valence-electron chi connectivity index (χ4n) is 2.63. The number of benzene rings is 1. The number of hydrogen-bond donors (Lipinski definition) is 0. The van der Waals surface area contributed by atoms with Crippen LogP contribution in [-0.4, -0.2) is 22.8 Å². The van der Waals surface area contributed by atoms with Crippen molar-refractivity contribution in [1.29, 1.82) is 0 Å². The molecule has 0 aliphatic heterocycles. The van der Waals surface area contributed by atoms with Crippen LogP contribution in [0.15, 0.2) is 18.2 Å². The average Bonchev–Trinajstić information content (AvgIpc) is 2.61. The van der Waals surface area contributed by atoms with Gasteiger partial charge >= 0.3 is 5.97 Å². The van der Waals surface area contributed by atoms with Crippen molar-refractivity contribution in [3.05, 3.63) is 34.9 Å². The first kappa shape index (κ1) is 28.5. The van der Waals surface area contributed by atoms with Gasteiger partial charge in [0.25, 0.3) is 0 Å². The van der Waals surface area contributed by atoms with E-state index in [0.717, 1.165) is 0 Å². The van der Waals surface area contributed by atoms with Crippen LogP contribution < -0.4 is 0 Å². The summed E-state index contributed by atoms with van der Waals surface area (Å²) in [5.41, 5.74) is -2.17. The Morgan fingerprint density at radius 3 is 1.47 bits per heavy atom. The highest BCUT2D eigenvalue weighted by atomic mass is 17.2. The summed E-state index contributed by atoms with van der Waals surface area (Å²) < 4.78 is 0. The summed E-state index contributed by atoms with van der Waals surface area (Å²) in [6, 6.07) is 5.29. The van der Waals surface area contributed by atoms with Crippen molar-refractivity contribution in [2.75, 3.05) is 0 Å². The molecule has 0 atom stereocenters. The average molecular weight is 455 g/mol. The standard InChI is InChI=1S/C25H42O7/c1-21(2,3)28-27-20(26)17-15-14-16-18(24(10,11)31-29-22(4,5)6)19(17)25(12,13)32-30-23(7,8)9/h14-16H,1-13H3. The van der Waals surface area contributed by atoms with E-state index in [1.54, 1.807) is 32.9 Å². The summed E-state index contributed by atoms with van der Waals surface area (Å²) in [5.74, 6) is -0.642. The van der Waals surface area contributed by atoms with Gasteiger partial charge in [0.2, 0.25) is 0 Å². The van der Waals surface area contributed by atoms with Crippen LogP contribution in [0.5, 0.6) is 0 Å². The molecular formula is C25H42O7. The Hall–Kier alpha value is -1.51. The summed E-state index contributed by atoms with van der Waals surface area (Å²) in [6.45, 7) is 24.1. The lowest BCUT2D eigenvalue weighted by atomic mass is 9.82. The molecule has 0 aliphatic rings. The molecular weight excluding hydrogens is 412 g/mol. The molecule has 0 saturated carbocycles. The van der Waals surface area contributed by atoms with Crippen molar-refractivity contribution in [1.82, 2.24) is 0 Å². The van der Waals surface area contributed by atoms with Crippen LogP contribution in [0.4, 0.5) is 0 Å². The first-order valence-corrected chi connectivity index (χ1v) is 10.9. The highest BCUT2D eigenvalue weighted by Gasteiger charge is 2.39. The van der Waals surface area contributed by atoms with Crippen molar-refractivity contribution in [2.45, 2.75) is 118 Å². The summed E-state index contributed by atoms with van der Waals surface area (Å²) >= 11 is 0. The Labute approximate surface area is 193 Å². The fourth-order valence-corrected chi connectivity index (χ4v) is 2.63. The van der Waals surface area contributed by atoms with Crippen LogP contribution >= 0.6 is 0 Å². The highest BCUT2D eigenvalue weighted by Crippen LogP contribution is 2.39. The minimum atomic E-state index is -1.04. The van der Waals surface area contributed by atoms with E-state index in [2.05, 4.69) is 0 Å². The van der Waals surface area contributed by atoms with E-state index < -0.39 is 34.0 Å². The smallest absolute Gasteiger partial charge is 0.292 e. The molecule has 1 rings (SSSR count). The van der Waals surface area contributed by atoms with Crippen molar-refractivity contribution >= 4 is 5.97 Å². The van der Waals surface area contributed by atoms with Gasteiger partial charge in [0.15, 0.2) is 0 Å². The summed E-state index contributed by atoms with van der Waals surface area (Å²) in [6.07, 6.45) is 0. The minimum absolute atomic E-state index is 0.279. The van der Waals surface area contributed by atoms with Crippen LogP contribution in [0.2, 0.25) is 0 Å². The Kier molecular flexibility index (Phi) is 8.71. The molecule has 0 N–H and O–H groups in total. The van der Waals surface area contributed by atoms with Crippen LogP contribution in [0.25, 0.3) is 0 Å². The molecule has 0 amide bonds. The molecule has 0 spiro atoms. The molecule has 0 heterocycles. The maximum atomic E-state index is 13.0. The van der Waals surface area contributed by atoms with Gasteiger partial charge in [0.1, 0.15) is 16.8 Å². The second-order valence-electron chi connectivity index (χ2n) is 11.9. The van der Waals surface area contributed by atoms with Crippen LogP contribution in [0, 0.1) is 0 Å². The van der Waals surface area contributed by atoms with Gasteiger partial charge < -0.3 is 0 Å². The third kappa shape index (κ3) is 9.16. The Bertz CT molecular complexity index is 775. The third-order valence-corrected chi connectivity index (χ3v) is 3.90. The maximum Gasteiger partial charge on any atom is 0.373 e. The lowest BCUT2D eigenvalue weighted by Crippen LogP contribution is -2.36. The first-order valence-electron chi connectivity index (χ1n) is 10.9. The second kappa shape index (κ2) is 9.77. The number of carbonyl (C=O) groups excluding carboxylic acids is 1. The molecule has 0 aliphatic carbocycles. The predicted molar refractivity (Wildman–Crippen MR) is 123 cm³/mol. The zero-order valence-electron chi connectivity index (χ0n) is 22.1. The molecule has 184 valence electrons. The normalized spacial score (nSPS) is 13.9. The van der Waals surface area contributed by atoms with E-state index in [0.29, 0.717) is 11.1 Å². The number of rotatable bonds is 8. The predicted octanol–water partition coefficient (Wildman–Crippen LogP) is 6.54. The van der Waals surface area contributed by atoms with Crippen LogP contribution in [-0.2, 0) is 40.5 Å². The largest absolute Gasteiger partial charge is 0.373 e. The monoisotopic (exact) mass is 454 g/mol. The van der Waals surface area contributed by atoms with Crippen molar-refractivity contribution in [3.63, 3.8) is 0 Å². The lowest BCUT2D eigenvalue weighted by Gasteiger charge is -2.36. The van der Waals surface area contributed by atoms with Gasteiger partial charge in [-0.2, -0.15) is 4.89 Å². The summed E-state index contributed by atoms with van der Waals surface area (Å²) in [4.78, 5) is 46.4. The molecule has 0 bridgehead atoms. The first-order chi connectivity index (χ1) is 14.1. The van der Waals surface area contributed by atoms with E-state index in [1.807, 2.05) is 75.3 Å². The molecule has 1 aromatic carbocycles. The number of hydrogen-bond acceptors (Lipinski definition) is 7. The topological polar surface area (TPSA) is 72.5 Å². The highest BCUT2D eigenvalue weighted by molar-refractivity contribution is 5.91. The Balaban J connectivity index is 3.54.